The molecule has 8 heteroatoms. The van der Waals surface area contributed by atoms with Gasteiger partial charge in [0.2, 0.25) is 5.91 Å². The van der Waals surface area contributed by atoms with E-state index in [4.69, 9.17) is 4.74 Å². The molecule has 0 unspecified atom stereocenters. The average molecular weight is 447 g/mol. The van der Waals surface area contributed by atoms with Gasteiger partial charge in [0.1, 0.15) is 18.0 Å². The summed E-state index contributed by atoms with van der Waals surface area (Å²) >= 11 is 3.04. The third kappa shape index (κ3) is 4.70. The lowest BCUT2D eigenvalue weighted by molar-refractivity contribution is -0.113. The van der Waals surface area contributed by atoms with Crippen molar-refractivity contribution in [2.45, 2.75) is 10.9 Å². The minimum Gasteiger partial charge on any atom is -0.487 e. The fourth-order valence-corrected chi connectivity index (χ4v) is 4.98. The highest BCUT2D eigenvalue weighted by atomic mass is 32.2. The van der Waals surface area contributed by atoms with E-state index in [1.165, 1.54) is 11.8 Å². The summed E-state index contributed by atoms with van der Waals surface area (Å²) in [5.74, 6) is 0.891. The quantitative estimate of drug-likeness (QED) is 0.346. The number of rotatable bonds is 7. The smallest absolute Gasteiger partial charge is 0.234 e. The molecule has 2 aromatic carbocycles. The molecule has 154 valence electrons. The van der Waals surface area contributed by atoms with E-state index in [1.54, 1.807) is 11.3 Å². The van der Waals surface area contributed by atoms with Crippen LogP contribution in [0.3, 0.4) is 0 Å². The molecule has 0 aliphatic carbocycles. The molecule has 0 radical (unpaired) electrons. The summed E-state index contributed by atoms with van der Waals surface area (Å²) in [4.78, 5) is 21.5. The van der Waals surface area contributed by atoms with Crippen molar-refractivity contribution >= 4 is 50.6 Å². The normalized spacial score (nSPS) is 11.1. The molecule has 6 nitrogen and oxygen atoms in total. The number of aromatic nitrogens is 3. The molecule has 0 atom stereocenters. The van der Waals surface area contributed by atoms with E-state index in [-0.39, 0.29) is 5.91 Å². The predicted molar refractivity (Wildman–Crippen MR) is 125 cm³/mol. The lowest BCUT2D eigenvalue weighted by Gasteiger charge is -2.08. The molecule has 0 bridgehead atoms. The van der Waals surface area contributed by atoms with E-state index < -0.39 is 0 Å². The zero-order valence-electron chi connectivity index (χ0n) is 16.4. The minimum absolute atomic E-state index is 0.0817. The number of ether oxygens (including phenoxy) is 1. The molecule has 0 aliphatic heterocycles. The van der Waals surface area contributed by atoms with Gasteiger partial charge in [-0.3, -0.25) is 4.79 Å². The number of anilines is 1. The van der Waals surface area contributed by atoms with Gasteiger partial charge >= 0.3 is 0 Å². The molecular weight excluding hydrogens is 428 g/mol. The minimum atomic E-state index is -0.0817. The van der Waals surface area contributed by atoms with Crippen LogP contribution in [0.15, 0.2) is 83.5 Å². The van der Waals surface area contributed by atoms with Crippen LogP contribution in [0, 0.1) is 0 Å². The molecular formula is C23H18N4O2S2. The van der Waals surface area contributed by atoms with Crippen LogP contribution in [-0.4, -0.2) is 26.0 Å². The number of thiazole rings is 1. The van der Waals surface area contributed by atoms with E-state index >= 15 is 0 Å². The molecule has 1 amide bonds. The summed E-state index contributed by atoms with van der Waals surface area (Å²) in [6.07, 6.45) is 3.90. The Hall–Kier alpha value is -3.36. The molecule has 3 heterocycles. The number of fused-ring (bicyclic) bond motifs is 2. The lowest BCUT2D eigenvalue weighted by atomic mass is 10.3. The van der Waals surface area contributed by atoms with Crippen molar-refractivity contribution in [3.8, 4) is 5.75 Å². The second kappa shape index (κ2) is 8.79. The van der Waals surface area contributed by atoms with Gasteiger partial charge in [-0.1, -0.05) is 36.0 Å². The average Bonchev–Trinajstić information content (AvgIpc) is 3.40. The molecule has 0 spiro atoms. The van der Waals surface area contributed by atoms with E-state index in [0.717, 1.165) is 25.9 Å². The van der Waals surface area contributed by atoms with Crippen LogP contribution in [0.5, 0.6) is 5.75 Å². The first-order valence-corrected chi connectivity index (χ1v) is 11.5. The van der Waals surface area contributed by atoms with Crippen molar-refractivity contribution in [3.05, 3.63) is 84.8 Å². The van der Waals surface area contributed by atoms with Gasteiger partial charge in [0.05, 0.1) is 21.7 Å². The zero-order chi connectivity index (χ0) is 21.0. The van der Waals surface area contributed by atoms with Crippen LogP contribution in [0.2, 0.25) is 0 Å². The van der Waals surface area contributed by atoms with Crippen LogP contribution in [-0.2, 0) is 11.4 Å². The number of carbonyl (C=O) groups is 1. The number of nitrogens with zero attached hydrogens (tertiary/aromatic N) is 3. The van der Waals surface area contributed by atoms with Gasteiger partial charge in [-0.2, -0.15) is 0 Å². The monoisotopic (exact) mass is 446 g/mol. The number of para-hydroxylation sites is 1. The second-order valence-corrected chi connectivity index (χ2v) is 9.05. The van der Waals surface area contributed by atoms with Gasteiger partial charge in [-0.15, -0.1) is 11.3 Å². The fraction of sp³-hybridized carbons (Fsp3) is 0.0870. The topological polar surface area (TPSA) is 68.5 Å². The van der Waals surface area contributed by atoms with E-state index in [2.05, 4.69) is 15.3 Å². The highest BCUT2D eigenvalue weighted by Crippen LogP contribution is 2.29. The second-order valence-electron chi connectivity index (χ2n) is 6.80. The number of thioether (sulfide) groups is 1. The van der Waals surface area contributed by atoms with Crippen LogP contribution >= 0.6 is 23.1 Å². The van der Waals surface area contributed by atoms with Crippen LogP contribution in [0.1, 0.15) is 5.69 Å². The van der Waals surface area contributed by atoms with Gasteiger partial charge in [-0.05, 0) is 36.4 Å². The molecule has 1 N–H and O–H groups in total. The van der Waals surface area contributed by atoms with E-state index in [0.29, 0.717) is 23.8 Å². The van der Waals surface area contributed by atoms with Gasteiger partial charge in [0, 0.05) is 24.1 Å². The van der Waals surface area contributed by atoms with Crippen molar-refractivity contribution in [1.29, 1.82) is 0 Å². The van der Waals surface area contributed by atoms with Crippen molar-refractivity contribution < 1.29 is 9.53 Å². The maximum absolute atomic E-state index is 12.4. The predicted octanol–water partition coefficient (Wildman–Crippen LogP) is 5.25. The molecule has 0 saturated heterocycles. The molecule has 0 saturated carbocycles. The summed E-state index contributed by atoms with van der Waals surface area (Å²) < 4.78 is 9.84. The number of hydrogen-bond acceptors (Lipinski definition) is 6. The van der Waals surface area contributed by atoms with Gasteiger partial charge < -0.3 is 14.5 Å². The van der Waals surface area contributed by atoms with Gasteiger partial charge in [0.25, 0.3) is 0 Å². The molecule has 3 aromatic heterocycles. The largest absolute Gasteiger partial charge is 0.487 e. The number of nitrogens with one attached hydrogen (secondary N) is 1. The summed E-state index contributed by atoms with van der Waals surface area (Å²) in [6.45, 7) is 0.354. The number of imidazole rings is 1. The first kappa shape index (κ1) is 19.6. The Morgan fingerprint density at radius 1 is 1.06 bits per heavy atom. The highest BCUT2D eigenvalue weighted by molar-refractivity contribution is 8.01. The van der Waals surface area contributed by atoms with Gasteiger partial charge in [0.15, 0.2) is 4.34 Å². The Morgan fingerprint density at radius 2 is 1.97 bits per heavy atom. The van der Waals surface area contributed by atoms with Crippen molar-refractivity contribution in [2.24, 2.45) is 0 Å². The van der Waals surface area contributed by atoms with Gasteiger partial charge in [-0.25, -0.2) is 9.97 Å². The number of carbonyl (C=O) groups excluding carboxylic acids is 1. The van der Waals surface area contributed by atoms with Crippen molar-refractivity contribution in [2.75, 3.05) is 11.1 Å². The summed E-state index contributed by atoms with van der Waals surface area (Å²) in [7, 11) is 0. The molecule has 31 heavy (non-hydrogen) atoms. The summed E-state index contributed by atoms with van der Waals surface area (Å²) in [5, 5.41) is 2.92. The number of hydrogen-bond donors (Lipinski definition) is 1. The van der Waals surface area contributed by atoms with Crippen LogP contribution in [0.25, 0.3) is 15.9 Å². The fourth-order valence-electron chi connectivity index (χ4n) is 3.11. The number of pyridine rings is 1. The Balaban J connectivity index is 1.17. The summed E-state index contributed by atoms with van der Waals surface area (Å²) in [6, 6.07) is 21.2. The Labute approximate surface area is 186 Å². The Kier molecular flexibility index (Phi) is 5.56. The standard InChI is InChI=1S/C23H18N4O2S2/c28-22(15-30-23-26-19-8-1-2-9-20(19)31-23)25-16-6-5-7-18(12-16)29-14-17-13-27-11-4-3-10-21(27)24-17/h1-13H,14-15H2,(H,25,28). The Morgan fingerprint density at radius 3 is 2.87 bits per heavy atom. The highest BCUT2D eigenvalue weighted by Gasteiger charge is 2.09. The Bertz CT molecular complexity index is 1300. The van der Waals surface area contributed by atoms with E-state index in [1.807, 2.05) is 83.5 Å². The SMILES string of the molecule is O=C(CSc1nc2ccccc2s1)Nc1cccc(OCc2cn3ccccc3n2)c1. The molecule has 5 aromatic rings. The first-order valence-electron chi connectivity index (χ1n) is 9.67. The van der Waals surface area contributed by atoms with E-state index in [9.17, 15) is 4.79 Å². The van der Waals surface area contributed by atoms with Crippen LogP contribution < -0.4 is 10.1 Å². The van der Waals surface area contributed by atoms with Crippen LogP contribution in [0.4, 0.5) is 5.69 Å². The number of benzene rings is 2. The maximum atomic E-state index is 12.4. The lowest BCUT2D eigenvalue weighted by Crippen LogP contribution is -2.13. The third-order valence-corrected chi connectivity index (χ3v) is 6.70. The molecule has 5 rings (SSSR count). The number of amides is 1. The van der Waals surface area contributed by atoms with Crippen molar-refractivity contribution in [3.63, 3.8) is 0 Å². The maximum Gasteiger partial charge on any atom is 0.234 e. The first-order chi connectivity index (χ1) is 15.2. The summed E-state index contributed by atoms with van der Waals surface area (Å²) in [5.41, 5.74) is 3.38. The molecule has 0 aliphatic rings. The third-order valence-electron chi connectivity index (χ3n) is 4.52. The molecule has 0 fully saturated rings. The zero-order valence-corrected chi connectivity index (χ0v) is 18.0. The van der Waals surface area contributed by atoms with Crippen molar-refractivity contribution in [1.82, 2.24) is 14.4 Å².